The Kier molecular flexibility index (Phi) is 4.83. The molecule has 114 valence electrons. The van der Waals surface area contributed by atoms with Crippen LogP contribution in [-0.2, 0) is 11.2 Å². The summed E-state index contributed by atoms with van der Waals surface area (Å²) in [5, 5.41) is 3.98. The highest BCUT2D eigenvalue weighted by Gasteiger charge is 2.23. The molecule has 0 N–H and O–H groups in total. The Morgan fingerprint density at radius 1 is 1.33 bits per heavy atom. The van der Waals surface area contributed by atoms with Gasteiger partial charge < -0.3 is 9.32 Å². The molecule has 0 saturated heterocycles. The van der Waals surface area contributed by atoms with Crippen LogP contribution in [0.1, 0.15) is 39.1 Å². The Hall–Kier alpha value is -1.62. The zero-order valence-electron chi connectivity index (χ0n) is 13.2. The molecule has 1 amide bonds. The Balaban J connectivity index is 2.18. The van der Waals surface area contributed by atoms with E-state index in [4.69, 9.17) is 4.42 Å². The van der Waals surface area contributed by atoms with Crippen LogP contribution in [0.15, 0.2) is 21.2 Å². The Morgan fingerprint density at radius 3 is 2.52 bits per heavy atom. The van der Waals surface area contributed by atoms with Gasteiger partial charge in [-0.05, 0) is 46.1 Å². The minimum absolute atomic E-state index is 0.0910. The van der Waals surface area contributed by atoms with Crippen molar-refractivity contribution in [3.63, 3.8) is 0 Å². The zero-order chi connectivity index (χ0) is 15.6. The van der Waals surface area contributed by atoms with Crippen LogP contribution in [0.25, 0.3) is 11.5 Å². The molecule has 2 aromatic rings. The highest BCUT2D eigenvalue weighted by Crippen LogP contribution is 2.24. The first-order chi connectivity index (χ1) is 9.90. The second-order valence-electron chi connectivity index (χ2n) is 5.70. The van der Waals surface area contributed by atoms with Gasteiger partial charge in [0.05, 0.1) is 12.1 Å². The summed E-state index contributed by atoms with van der Waals surface area (Å²) in [6.45, 7) is 9.99. The molecule has 0 fully saturated rings. The minimum Gasteiger partial charge on any atom is -0.441 e. The van der Waals surface area contributed by atoms with Crippen molar-refractivity contribution < 1.29 is 9.21 Å². The van der Waals surface area contributed by atoms with Crippen molar-refractivity contribution in [2.24, 2.45) is 0 Å². The second-order valence-corrected chi connectivity index (χ2v) is 6.48. The van der Waals surface area contributed by atoms with Gasteiger partial charge in [0.25, 0.3) is 0 Å². The van der Waals surface area contributed by atoms with Gasteiger partial charge in [-0.15, -0.1) is 0 Å². The third-order valence-corrected chi connectivity index (χ3v) is 4.06. The maximum atomic E-state index is 12.5. The molecule has 0 aliphatic carbocycles. The summed E-state index contributed by atoms with van der Waals surface area (Å²) in [4.78, 5) is 18.9. The molecular weight excluding hydrogens is 284 g/mol. The standard InChI is InChI=1S/C16H22N2O2S/c1-10(2)18(11(3)4)15(19)8-14-12(5)20-16(17-14)13-6-7-21-9-13/h6-7,9-11H,8H2,1-5H3. The predicted molar refractivity (Wildman–Crippen MR) is 85.4 cm³/mol. The van der Waals surface area contributed by atoms with Crippen molar-refractivity contribution in [1.29, 1.82) is 0 Å². The minimum atomic E-state index is 0.0910. The number of hydrogen-bond donors (Lipinski definition) is 0. The largest absolute Gasteiger partial charge is 0.441 e. The van der Waals surface area contributed by atoms with Crippen molar-refractivity contribution >= 4 is 17.2 Å². The van der Waals surface area contributed by atoms with Gasteiger partial charge in [-0.1, -0.05) is 0 Å². The average molecular weight is 306 g/mol. The fourth-order valence-electron chi connectivity index (χ4n) is 2.51. The first kappa shape index (κ1) is 15.8. The molecule has 0 aromatic carbocycles. The van der Waals surface area contributed by atoms with Gasteiger partial charge in [-0.2, -0.15) is 11.3 Å². The quantitative estimate of drug-likeness (QED) is 0.841. The van der Waals surface area contributed by atoms with Crippen LogP contribution < -0.4 is 0 Å². The van der Waals surface area contributed by atoms with E-state index in [0.29, 0.717) is 5.89 Å². The number of nitrogens with zero attached hydrogens (tertiary/aromatic N) is 2. The van der Waals surface area contributed by atoms with Gasteiger partial charge in [-0.25, -0.2) is 4.98 Å². The number of hydrogen-bond acceptors (Lipinski definition) is 4. The molecule has 2 heterocycles. The van der Waals surface area contributed by atoms with Gasteiger partial charge in [0, 0.05) is 23.0 Å². The van der Waals surface area contributed by atoms with Gasteiger partial charge in [0.15, 0.2) is 0 Å². The Bertz CT molecular complexity index is 592. The van der Waals surface area contributed by atoms with E-state index in [1.807, 2.05) is 56.3 Å². The van der Waals surface area contributed by atoms with Crippen molar-refractivity contribution in [3.05, 3.63) is 28.3 Å². The SMILES string of the molecule is Cc1oc(-c2ccsc2)nc1CC(=O)N(C(C)C)C(C)C. The fraction of sp³-hybridized carbons (Fsp3) is 0.500. The van der Waals surface area contributed by atoms with Crippen LogP contribution in [0.4, 0.5) is 0 Å². The highest BCUT2D eigenvalue weighted by molar-refractivity contribution is 7.08. The summed E-state index contributed by atoms with van der Waals surface area (Å²) in [6.07, 6.45) is 0.288. The van der Waals surface area contributed by atoms with E-state index in [-0.39, 0.29) is 24.4 Å². The second kappa shape index (κ2) is 6.43. The van der Waals surface area contributed by atoms with Crippen LogP contribution in [0.2, 0.25) is 0 Å². The van der Waals surface area contributed by atoms with E-state index >= 15 is 0 Å². The summed E-state index contributed by atoms with van der Waals surface area (Å²) in [6, 6.07) is 2.33. The number of aryl methyl sites for hydroxylation is 1. The molecule has 0 spiro atoms. The maximum absolute atomic E-state index is 12.5. The fourth-order valence-corrected chi connectivity index (χ4v) is 3.14. The van der Waals surface area contributed by atoms with Crippen molar-refractivity contribution in [2.45, 2.75) is 53.1 Å². The molecule has 2 aromatic heterocycles. The summed E-state index contributed by atoms with van der Waals surface area (Å²) in [5.74, 6) is 1.41. The first-order valence-electron chi connectivity index (χ1n) is 7.20. The molecule has 5 heteroatoms. The topological polar surface area (TPSA) is 46.3 Å². The van der Waals surface area contributed by atoms with Crippen molar-refractivity contribution in [2.75, 3.05) is 0 Å². The number of amides is 1. The van der Waals surface area contributed by atoms with E-state index < -0.39 is 0 Å². The highest BCUT2D eigenvalue weighted by atomic mass is 32.1. The maximum Gasteiger partial charge on any atom is 0.229 e. The Labute approximate surface area is 129 Å². The lowest BCUT2D eigenvalue weighted by molar-refractivity contribution is -0.134. The molecule has 0 radical (unpaired) electrons. The van der Waals surface area contributed by atoms with Gasteiger partial charge in [-0.3, -0.25) is 4.79 Å². The first-order valence-corrected chi connectivity index (χ1v) is 8.14. The number of carbonyl (C=O) groups excluding carboxylic acids is 1. The molecule has 4 nitrogen and oxygen atoms in total. The summed E-state index contributed by atoms with van der Waals surface area (Å²) in [7, 11) is 0. The molecule has 0 bridgehead atoms. The number of rotatable bonds is 5. The monoisotopic (exact) mass is 306 g/mol. The third kappa shape index (κ3) is 3.53. The van der Waals surface area contributed by atoms with Crippen LogP contribution >= 0.6 is 11.3 Å². The lowest BCUT2D eigenvalue weighted by atomic mass is 10.1. The molecular formula is C16H22N2O2S. The number of thiophene rings is 1. The van der Waals surface area contributed by atoms with Crippen molar-refractivity contribution in [1.82, 2.24) is 9.88 Å². The zero-order valence-corrected chi connectivity index (χ0v) is 14.0. The number of oxazole rings is 1. The molecule has 0 saturated carbocycles. The van der Waals surface area contributed by atoms with Crippen LogP contribution in [0.5, 0.6) is 0 Å². The van der Waals surface area contributed by atoms with E-state index in [2.05, 4.69) is 4.98 Å². The molecule has 0 aliphatic rings. The van der Waals surface area contributed by atoms with Gasteiger partial charge in [0.1, 0.15) is 5.76 Å². The summed E-state index contributed by atoms with van der Waals surface area (Å²) < 4.78 is 5.69. The number of carbonyl (C=O) groups is 1. The van der Waals surface area contributed by atoms with Crippen LogP contribution in [-0.4, -0.2) is 27.9 Å². The van der Waals surface area contributed by atoms with Gasteiger partial charge >= 0.3 is 0 Å². The lowest BCUT2D eigenvalue weighted by Gasteiger charge is -2.30. The lowest BCUT2D eigenvalue weighted by Crippen LogP contribution is -2.43. The molecule has 2 rings (SSSR count). The van der Waals surface area contributed by atoms with E-state index in [0.717, 1.165) is 17.0 Å². The molecule has 0 aliphatic heterocycles. The number of aromatic nitrogens is 1. The van der Waals surface area contributed by atoms with E-state index in [9.17, 15) is 4.79 Å². The predicted octanol–water partition coefficient (Wildman–Crippen LogP) is 3.90. The Morgan fingerprint density at radius 2 is 2.00 bits per heavy atom. The summed E-state index contributed by atoms with van der Waals surface area (Å²) >= 11 is 1.60. The normalized spacial score (nSPS) is 11.4. The molecule has 0 atom stereocenters. The summed E-state index contributed by atoms with van der Waals surface area (Å²) in [5.41, 5.74) is 1.69. The van der Waals surface area contributed by atoms with Gasteiger partial charge in [0.2, 0.25) is 11.8 Å². The van der Waals surface area contributed by atoms with Crippen LogP contribution in [0, 0.1) is 6.92 Å². The third-order valence-electron chi connectivity index (χ3n) is 3.38. The molecule has 0 unspecified atom stereocenters. The van der Waals surface area contributed by atoms with Crippen molar-refractivity contribution in [3.8, 4) is 11.5 Å². The smallest absolute Gasteiger partial charge is 0.229 e. The molecule has 21 heavy (non-hydrogen) atoms. The van der Waals surface area contributed by atoms with E-state index in [1.54, 1.807) is 11.3 Å². The van der Waals surface area contributed by atoms with Crippen LogP contribution in [0.3, 0.4) is 0 Å². The van der Waals surface area contributed by atoms with E-state index in [1.165, 1.54) is 0 Å². The average Bonchev–Trinajstić information content (AvgIpc) is 2.98.